The van der Waals surface area contributed by atoms with Crippen molar-refractivity contribution in [2.75, 3.05) is 14.2 Å². The van der Waals surface area contributed by atoms with Gasteiger partial charge in [0, 0.05) is 12.0 Å². The molecule has 0 radical (unpaired) electrons. The predicted molar refractivity (Wildman–Crippen MR) is 115 cm³/mol. The third-order valence-corrected chi connectivity index (χ3v) is 6.81. The maximum Gasteiger partial charge on any atom is 0.279 e. The Morgan fingerprint density at radius 2 is 1.68 bits per heavy atom. The Kier molecular flexibility index (Phi) is 5.65. The van der Waals surface area contributed by atoms with Gasteiger partial charge in [-0.15, -0.1) is 0 Å². The highest BCUT2D eigenvalue weighted by Crippen LogP contribution is 2.38. The lowest BCUT2D eigenvalue weighted by Gasteiger charge is -2.23. The van der Waals surface area contributed by atoms with Gasteiger partial charge in [-0.25, -0.2) is 4.39 Å². The van der Waals surface area contributed by atoms with E-state index in [2.05, 4.69) is 5.10 Å². The van der Waals surface area contributed by atoms with Gasteiger partial charge in [0.1, 0.15) is 5.82 Å². The van der Waals surface area contributed by atoms with Crippen molar-refractivity contribution in [3.8, 4) is 11.5 Å². The zero-order chi connectivity index (χ0) is 22.0. The van der Waals surface area contributed by atoms with Gasteiger partial charge in [-0.05, 0) is 48.0 Å². The molecule has 0 saturated heterocycles. The predicted octanol–water partition coefficient (Wildman–Crippen LogP) is 4.38. The van der Waals surface area contributed by atoms with E-state index in [1.165, 1.54) is 31.4 Å². The molecule has 1 atom stereocenters. The quantitative estimate of drug-likeness (QED) is 0.570. The van der Waals surface area contributed by atoms with Crippen LogP contribution in [0.4, 0.5) is 4.39 Å². The summed E-state index contributed by atoms with van der Waals surface area (Å²) in [7, 11) is -0.883. The zero-order valence-electron chi connectivity index (χ0n) is 17.0. The average Bonchev–Trinajstić information content (AvgIpc) is 3.26. The highest BCUT2D eigenvalue weighted by molar-refractivity contribution is 7.89. The molecule has 1 aliphatic rings. The summed E-state index contributed by atoms with van der Waals surface area (Å²) in [5.74, 6) is 0.629. The molecule has 6 nitrogen and oxygen atoms in total. The number of hydrogen-bond donors (Lipinski definition) is 0. The Morgan fingerprint density at radius 3 is 2.35 bits per heavy atom. The Morgan fingerprint density at radius 1 is 0.935 bits per heavy atom. The largest absolute Gasteiger partial charge is 0.493 e. The molecule has 0 unspecified atom stereocenters. The van der Waals surface area contributed by atoms with Crippen molar-refractivity contribution in [3.05, 3.63) is 89.7 Å². The van der Waals surface area contributed by atoms with Gasteiger partial charge in [0.05, 0.1) is 30.9 Å². The maximum absolute atomic E-state index is 13.9. The summed E-state index contributed by atoms with van der Waals surface area (Å²) in [6.45, 7) is 0. The summed E-state index contributed by atoms with van der Waals surface area (Å²) >= 11 is 0. The molecule has 1 heterocycles. The lowest BCUT2D eigenvalue weighted by atomic mass is 9.99. The molecule has 0 spiro atoms. The minimum Gasteiger partial charge on any atom is -0.493 e. The fraction of sp³-hybridized carbons (Fsp3) is 0.174. The highest BCUT2D eigenvalue weighted by Gasteiger charge is 2.38. The smallest absolute Gasteiger partial charge is 0.279 e. The summed E-state index contributed by atoms with van der Waals surface area (Å²) in [6.07, 6.45) is 0.283. The lowest BCUT2D eigenvalue weighted by Crippen LogP contribution is -2.27. The van der Waals surface area contributed by atoms with E-state index < -0.39 is 21.9 Å². The van der Waals surface area contributed by atoms with Crippen molar-refractivity contribution in [2.45, 2.75) is 17.4 Å². The van der Waals surface area contributed by atoms with Crippen molar-refractivity contribution in [1.29, 1.82) is 0 Å². The SMILES string of the molecule is COc1ccc(C2=NN(S(=O)(=O)c3ccccc3)[C@@H](c3cccc(F)c3)C2)cc1OC. The second-order valence-electron chi connectivity index (χ2n) is 6.98. The van der Waals surface area contributed by atoms with Crippen LogP contribution < -0.4 is 9.47 Å². The van der Waals surface area contributed by atoms with Crippen molar-refractivity contribution in [1.82, 2.24) is 4.41 Å². The van der Waals surface area contributed by atoms with Crippen molar-refractivity contribution in [2.24, 2.45) is 5.10 Å². The molecule has 4 rings (SSSR count). The molecule has 0 saturated carbocycles. The van der Waals surface area contributed by atoms with Crippen LogP contribution >= 0.6 is 0 Å². The lowest BCUT2D eigenvalue weighted by molar-refractivity contribution is 0.355. The summed E-state index contributed by atoms with van der Waals surface area (Å²) in [6, 6.07) is 18.6. The molecule has 0 fully saturated rings. The first-order valence-electron chi connectivity index (χ1n) is 9.59. The number of halogens is 1. The van der Waals surface area contributed by atoms with Crippen LogP contribution in [0.3, 0.4) is 0 Å². The molecule has 31 heavy (non-hydrogen) atoms. The molecule has 0 aliphatic carbocycles. The minimum absolute atomic E-state index is 0.119. The number of nitrogens with zero attached hydrogens (tertiary/aromatic N) is 2. The number of hydrogen-bond acceptors (Lipinski definition) is 5. The monoisotopic (exact) mass is 440 g/mol. The number of hydrazone groups is 1. The fourth-order valence-electron chi connectivity index (χ4n) is 3.56. The number of ether oxygens (including phenoxy) is 2. The Hall–Kier alpha value is -3.39. The number of benzene rings is 3. The molecular formula is C23H21FN2O4S. The summed E-state index contributed by atoms with van der Waals surface area (Å²) < 4.78 is 52.4. The van der Waals surface area contributed by atoms with Crippen LogP contribution in [-0.4, -0.2) is 32.8 Å². The van der Waals surface area contributed by atoms with Gasteiger partial charge < -0.3 is 9.47 Å². The van der Waals surface area contributed by atoms with E-state index >= 15 is 0 Å². The van der Waals surface area contributed by atoms with Crippen LogP contribution in [-0.2, 0) is 10.0 Å². The van der Waals surface area contributed by atoms with E-state index in [9.17, 15) is 12.8 Å². The summed E-state index contributed by atoms with van der Waals surface area (Å²) in [4.78, 5) is 0.119. The normalized spacial score (nSPS) is 16.2. The van der Waals surface area contributed by atoms with Crippen molar-refractivity contribution >= 4 is 15.7 Å². The molecule has 8 heteroatoms. The highest BCUT2D eigenvalue weighted by atomic mass is 32.2. The average molecular weight is 440 g/mol. The minimum atomic E-state index is -3.95. The second-order valence-corrected chi connectivity index (χ2v) is 8.78. The topological polar surface area (TPSA) is 68.2 Å². The third-order valence-electron chi connectivity index (χ3n) is 5.11. The van der Waals surface area contributed by atoms with E-state index in [1.54, 1.807) is 55.6 Å². The van der Waals surface area contributed by atoms with E-state index in [1.807, 2.05) is 0 Å². The van der Waals surface area contributed by atoms with Gasteiger partial charge in [-0.2, -0.15) is 17.9 Å². The zero-order valence-corrected chi connectivity index (χ0v) is 17.8. The van der Waals surface area contributed by atoms with Crippen LogP contribution in [0.15, 0.2) is 82.8 Å². The number of sulfonamides is 1. The standard InChI is InChI=1S/C23H21FN2O4S/c1-29-22-12-11-16(14-23(22)30-2)20-15-21(17-7-6-8-18(24)13-17)26(25-20)31(27,28)19-9-4-3-5-10-19/h3-14,21H,15H2,1-2H3/t21-/m1/s1. The van der Waals surface area contributed by atoms with Crippen LogP contribution in [0, 0.1) is 5.82 Å². The van der Waals surface area contributed by atoms with Gasteiger partial charge in [-0.1, -0.05) is 30.3 Å². The summed E-state index contributed by atoms with van der Waals surface area (Å²) in [5, 5.41) is 4.47. The van der Waals surface area contributed by atoms with Crippen LogP contribution in [0.5, 0.6) is 11.5 Å². The van der Waals surface area contributed by atoms with Gasteiger partial charge in [-0.3, -0.25) is 0 Å². The van der Waals surface area contributed by atoms with Crippen molar-refractivity contribution < 1.29 is 22.3 Å². The molecule has 3 aromatic rings. The Labute approximate surface area is 180 Å². The van der Waals surface area contributed by atoms with E-state index in [-0.39, 0.29) is 11.3 Å². The molecular weight excluding hydrogens is 419 g/mol. The van der Waals surface area contributed by atoms with E-state index in [0.29, 0.717) is 28.3 Å². The molecule has 3 aromatic carbocycles. The van der Waals surface area contributed by atoms with Crippen molar-refractivity contribution in [3.63, 3.8) is 0 Å². The first kappa shape index (κ1) is 20.9. The first-order valence-corrected chi connectivity index (χ1v) is 11.0. The summed E-state index contributed by atoms with van der Waals surface area (Å²) in [5.41, 5.74) is 1.78. The second kappa shape index (κ2) is 8.39. The molecule has 0 amide bonds. The van der Waals surface area contributed by atoms with Crippen LogP contribution in [0.25, 0.3) is 0 Å². The molecule has 0 bridgehead atoms. The third kappa shape index (κ3) is 3.98. The fourth-order valence-corrected chi connectivity index (χ4v) is 5.02. The van der Waals surface area contributed by atoms with Crippen LogP contribution in [0.1, 0.15) is 23.6 Å². The number of methoxy groups -OCH3 is 2. The molecule has 0 aromatic heterocycles. The molecule has 1 aliphatic heterocycles. The van der Waals surface area contributed by atoms with E-state index in [4.69, 9.17) is 9.47 Å². The Balaban J connectivity index is 1.81. The van der Waals surface area contributed by atoms with Gasteiger partial charge >= 0.3 is 0 Å². The number of rotatable bonds is 6. The maximum atomic E-state index is 13.9. The van der Waals surface area contributed by atoms with Crippen LogP contribution in [0.2, 0.25) is 0 Å². The Bertz CT molecular complexity index is 1230. The van der Waals surface area contributed by atoms with Gasteiger partial charge in [0.2, 0.25) is 0 Å². The van der Waals surface area contributed by atoms with Gasteiger partial charge in [0.15, 0.2) is 11.5 Å². The molecule has 160 valence electrons. The van der Waals surface area contributed by atoms with E-state index in [0.717, 1.165) is 4.41 Å². The first-order chi connectivity index (χ1) is 14.9. The van der Waals surface area contributed by atoms with Gasteiger partial charge in [0.25, 0.3) is 10.0 Å². The molecule has 0 N–H and O–H groups in total.